The van der Waals surface area contributed by atoms with Crippen LogP contribution in [0.25, 0.3) is 0 Å². The molecule has 0 atom stereocenters. The first-order valence-electron chi connectivity index (χ1n) is 19.1. The van der Waals surface area contributed by atoms with Crippen molar-refractivity contribution in [2.45, 2.75) is 167 Å². The summed E-state index contributed by atoms with van der Waals surface area (Å²) in [5.41, 5.74) is 2.09. The highest BCUT2D eigenvalue weighted by Crippen LogP contribution is 2.41. The van der Waals surface area contributed by atoms with E-state index < -0.39 is 16.6 Å². The smallest absolute Gasteiger partial charge is 0.306 e. The molecule has 2 aliphatic carbocycles. The van der Waals surface area contributed by atoms with Gasteiger partial charge >= 0.3 is 11.9 Å². The van der Waals surface area contributed by atoms with Gasteiger partial charge in [0.1, 0.15) is 13.2 Å². The lowest BCUT2D eigenvalue weighted by Crippen LogP contribution is -2.44. The maximum atomic E-state index is 12.1. The zero-order valence-corrected chi connectivity index (χ0v) is 35.0. The van der Waals surface area contributed by atoms with Crippen LogP contribution in [0.4, 0.5) is 0 Å². The average Bonchev–Trinajstić information content (AvgIpc) is 3.05. The van der Waals surface area contributed by atoms with E-state index in [0.29, 0.717) is 50.1 Å². The van der Waals surface area contributed by atoms with Crippen molar-refractivity contribution in [3.8, 4) is 0 Å². The molecule has 0 amide bonds. The largest absolute Gasteiger partial charge is 0.461 e. The van der Waals surface area contributed by atoms with E-state index in [9.17, 15) is 9.59 Å². The van der Waals surface area contributed by atoms with Crippen LogP contribution in [-0.4, -0.2) is 40.8 Å². The minimum absolute atomic E-state index is 0.0717. The molecule has 0 heterocycles. The van der Waals surface area contributed by atoms with Crippen LogP contribution in [0.15, 0.2) is 60.7 Å². The van der Waals surface area contributed by atoms with E-state index in [1.807, 2.05) is 60.7 Å². The summed E-state index contributed by atoms with van der Waals surface area (Å²) in [4.78, 5) is 24.2. The van der Waals surface area contributed by atoms with Gasteiger partial charge in [-0.1, -0.05) is 102 Å². The lowest BCUT2D eigenvalue weighted by molar-refractivity contribution is -0.147. The normalized spacial score (nSPS) is 21.8. The van der Waals surface area contributed by atoms with Gasteiger partial charge in [0.2, 0.25) is 0 Å². The van der Waals surface area contributed by atoms with E-state index >= 15 is 0 Å². The molecule has 50 heavy (non-hydrogen) atoms. The van der Waals surface area contributed by atoms with Crippen LogP contribution in [-0.2, 0) is 41.1 Å². The molecule has 0 radical (unpaired) electrons. The van der Waals surface area contributed by atoms with Gasteiger partial charge in [0.15, 0.2) is 16.6 Å². The Bertz CT molecular complexity index is 1180. The second-order valence-electron chi connectivity index (χ2n) is 17.7. The summed E-state index contributed by atoms with van der Waals surface area (Å²) in [5.74, 6) is 0.750. The van der Waals surface area contributed by atoms with Crippen LogP contribution >= 0.6 is 0 Å². The summed E-state index contributed by atoms with van der Waals surface area (Å²) in [5, 5.41) is 0.510. The van der Waals surface area contributed by atoms with E-state index in [1.54, 1.807) is 0 Å². The third kappa shape index (κ3) is 14.4. The Morgan fingerprint density at radius 2 is 0.840 bits per heavy atom. The second-order valence-corrected chi connectivity index (χ2v) is 27.3. The van der Waals surface area contributed by atoms with Gasteiger partial charge in [0, 0.05) is 25.0 Å². The van der Waals surface area contributed by atoms with Gasteiger partial charge in [-0.05, 0) is 111 Å². The van der Waals surface area contributed by atoms with Crippen molar-refractivity contribution < 1.29 is 27.9 Å². The Balaban J connectivity index is 0.000000270. The molecule has 0 aliphatic heterocycles. The van der Waals surface area contributed by atoms with E-state index in [0.717, 1.165) is 62.5 Å². The van der Waals surface area contributed by atoms with Gasteiger partial charge < -0.3 is 18.3 Å². The van der Waals surface area contributed by atoms with Crippen LogP contribution in [0.3, 0.4) is 0 Å². The van der Waals surface area contributed by atoms with Gasteiger partial charge in [-0.25, -0.2) is 0 Å². The summed E-state index contributed by atoms with van der Waals surface area (Å²) < 4.78 is 23.9. The molecule has 280 valence electrons. The predicted molar refractivity (Wildman–Crippen MR) is 210 cm³/mol. The molecule has 0 bridgehead atoms. The predicted octanol–water partition coefficient (Wildman–Crippen LogP) is 11.4. The number of ether oxygens (including phenoxy) is 2. The molecule has 6 nitrogen and oxygen atoms in total. The lowest BCUT2D eigenvalue weighted by atomic mass is 9.85. The zero-order chi connectivity index (χ0) is 37.0. The van der Waals surface area contributed by atoms with Crippen LogP contribution in [0.1, 0.15) is 117 Å². The SMILES string of the molecule is CC(C)(C)[Si](C)(C)OC1CCC(CC(=O)OCc2ccccc2)CC1.CC(C)(C)[Si](C)(C)OC1CCC(CC(=O)OCc2ccccc2)CC1. The lowest BCUT2D eigenvalue weighted by Gasteiger charge is -2.41. The van der Waals surface area contributed by atoms with Gasteiger partial charge in [-0.3, -0.25) is 9.59 Å². The molecular weight excluding hydrogens is 657 g/mol. The molecular formula is C42H68O6Si2. The minimum Gasteiger partial charge on any atom is -0.461 e. The number of esters is 2. The fraction of sp³-hybridized carbons (Fsp3) is 0.667. The molecule has 0 aromatic heterocycles. The zero-order valence-electron chi connectivity index (χ0n) is 33.0. The second kappa shape index (κ2) is 19.0. The molecule has 0 unspecified atom stereocenters. The first-order valence-corrected chi connectivity index (χ1v) is 24.9. The molecule has 2 aliphatic rings. The van der Waals surface area contributed by atoms with Crippen molar-refractivity contribution in [1.29, 1.82) is 0 Å². The van der Waals surface area contributed by atoms with Crippen LogP contribution in [0, 0.1) is 11.8 Å². The molecule has 2 fully saturated rings. The molecule has 0 spiro atoms. The summed E-state index contributed by atoms with van der Waals surface area (Å²) in [6, 6.07) is 19.7. The molecule has 2 aromatic rings. The Labute approximate surface area is 306 Å². The third-order valence-corrected chi connectivity index (χ3v) is 20.6. The summed E-state index contributed by atoms with van der Waals surface area (Å²) >= 11 is 0. The molecule has 2 aromatic carbocycles. The van der Waals surface area contributed by atoms with Gasteiger partial charge in [0.05, 0.1) is 0 Å². The fourth-order valence-electron chi connectivity index (χ4n) is 6.16. The maximum Gasteiger partial charge on any atom is 0.306 e. The highest BCUT2D eigenvalue weighted by Gasteiger charge is 2.41. The summed E-state index contributed by atoms with van der Waals surface area (Å²) in [7, 11) is -3.38. The maximum absolute atomic E-state index is 12.1. The van der Waals surface area contributed by atoms with Crippen LogP contribution in [0.5, 0.6) is 0 Å². The first-order chi connectivity index (χ1) is 23.3. The minimum atomic E-state index is -1.69. The van der Waals surface area contributed by atoms with E-state index in [-0.39, 0.29) is 22.0 Å². The van der Waals surface area contributed by atoms with Gasteiger partial charge in [0.25, 0.3) is 0 Å². The molecule has 4 rings (SSSR count). The van der Waals surface area contributed by atoms with Crippen LogP contribution < -0.4 is 0 Å². The molecule has 2 saturated carbocycles. The number of rotatable bonds is 12. The fourth-order valence-corrected chi connectivity index (χ4v) is 9.01. The first kappa shape index (κ1) is 42.1. The topological polar surface area (TPSA) is 71.1 Å². The Kier molecular flexibility index (Phi) is 16.0. The average molecular weight is 725 g/mol. The Morgan fingerprint density at radius 3 is 1.12 bits per heavy atom. The highest BCUT2D eigenvalue weighted by atomic mass is 28.4. The Hall–Kier alpha value is -2.27. The summed E-state index contributed by atoms with van der Waals surface area (Å²) in [6.07, 6.45) is 10.4. The van der Waals surface area contributed by atoms with Crippen molar-refractivity contribution in [3.63, 3.8) is 0 Å². The van der Waals surface area contributed by atoms with Crippen molar-refractivity contribution >= 4 is 28.6 Å². The standard InChI is InChI=1S/2C21H34O3Si/c2*1-21(2,3)25(4,5)24-19-13-11-17(12-14-19)15-20(22)23-16-18-9-7-6-8-10-18/h2*6-10,17,19H,11-16H2,1-5H3. The number of carbonyl (C=O) groups excluding carboxylic acids is 2. The van der Waals surface area contributed by atoms with Crippen molar-refractivity contribution in [3.05, 3.63) is 71.8 Å². The van der Waals surface area contributed by atoms with E-state index in [1.165, 1.54) is 0 Å². The number of hydrogen-bond acceptors (Lipinski definition) is 6. The number of benzene rings is 2. The van der Waals surface area contributed by atoms with Crippen molar-refractivity contribution in [2.24, 2.45) is 11.8 Å². The molecule has 0 saturated heterocycles. The third-order valence-electron chi connectivity index (χ3n) is 11.5. The summed E-state index contributed by atoms with van der Waals surface area (Å²) in [6.45, 7) is 23.7. The van der Waals surface area contributed by atoms with Gasteiger partial charge in [-0.2, -0.15) is 0 Å². The molecule has 8 heteroatoms. The highest BCUT2D eigenvalue weighted by molar-refractivity contribution is 6.74. The number of hydrogen-bond donors (Lipinski definition) is 0. The van der Waals surface area contributed by atoms with Crippen molar-refractivity contribution in [2.75, 3.05) is 0 Å². The Morgan fingerprint density at radius 1 is 0.540 bits per heavy atom. The van der Waals surface area contributed by atoms with Gasteiger partial charge in [-0.15, -0.1) is 0 Å². The van der Waals surface area contributed by atoms with Crippen molar-refractivity contribution in [1.82, 2.24) is 0 Å². The van der Waals surface area contributed by atoms with E-state index in [4.69, 9.17) is 18.3 Å². The quantitative estimate of drug-likeness (QED) is 0.160. The van der Waals surface area contributed by atoms with E-state index in [2.05, 4.69) is 67.7 Å². The van der Waals surface area contributed by atoms with Crippen LogP contribution in [0.2, 0.25) is 36.3 Å². The number of carbonyl (C=O) groups is 2. The monoisotopic (exact) mass is 724 g/mol. The molecule has 0 N–H and O–H groups in total.